The van der Waals surface area contributed by atoms with Crippen LogP contribution in [0.4, 0.5) is 5.69 Å². The van der Waals surface area contributed by atoms with Crippen molar-refractivity contribution in [3.8, 4) is 16.9 Å². The van der Waals surface area contributed by atoms with Gasteiger partial charge in [-0.2, -0.15) is 5.10 Å². The van der Waals surface area contributed by atoms with Crippen molar-refractivity contribution in [3.63, 3.8) is 0 Å². The van der Waals surface area contributed by atoms with Gasteiger partial charge in [0.2, 0.25) is 0 Å². The van der Waals surface area contributed by atoms with Crippen molar-refractivity contribution >= 4 is 17.3 Å². The molecule has 7 nitrogen and oxygen atoms in total. The first kappa shape index (κ1) is 18.4. The molecule has 1 aliphatic carbocycles. The second-order valence-corrected chi connectivity index (χ2v) is 6.51. The molecule has 0 aromatic heterocycles. The maximum absolute atomic E-state index is 12.5. The number of para-hydroxylation sites is 2. The molecule has 29 heavy (non-hydrogen) atoms. The molecule has 1 atom stereocenters. The van der Waals surface area contributed by atoms with E-state index < -0.39 is 16.9 Å². The number of nitrogens with zero attached hydrogens (tertiary/aromatic N) is 2. The lowest BCUT2D eigenvalue weighted by Gasteiger charge is -2.13. The molecule has 0 unspecified atom stereocenters. The zero-order valence-electron chi connectivity index (χ0n) is 15.5. The molecule has 1 aliphatic rings. The molecule has 0 saturated heterocycles. The SMILES string of the molecule is C[C@@H](Oc1ccccc1[N+](=O)[O-])C(=O)NN=C1c2ccccc2-c2ccccc21. The van der Waals surface area contributed by atoms with Crippen molar-refractivity contribution in [3.05, 3.63) is 94.0 Å². The van der Waals surface area contributed by atoms with Crippen LogP contribution in [0.1, 0.15) is 18.1 Å². The number of benzene rings is 3. The number of hydrogen-bond acceptors (Lipinski definition) is 5. The highest BCUT2D eigenvalue weighted by Gasteiger charge is 2.25. The summed E-state index contributed by atoms with van der Waals surface area (Å²) in [4.78, 5) is 23.1. The van der Waals surface area contributed by atoms with Crippen LogP contribution >= 0.6 is 0 Å². The Hall–Kier alpha value is -4.00. The number of nitro benzene ring substituents is 1. The highest BCUT2D eigenvalue weighted by atomic mass is 16.6. The van der Waals surface area contributed by atoms with Crippen LogP contribution in [-0.2, 0) is 4.79 Å². The summed E-state index contributed by atoms with van der Waals surface area (Å²) in [7, 11) is 0. The molecule has 4 rings (SSSR count). The largest absolute Gasteiger partial charge is 0.474 e. The number of hydrogen-bond donors (Lipinski definition) is 1. The van der Waals surface area contributed by atoms with Crippen LogP contribution in [-0.4, -0.2) is 22.6 Å². The van der Waals surface area contributed by atoms with Crippen molar-refractivity contribution in [1.82, 2.24) is 5.43 Å². The number of rotatable bonds is 5. The minimum atomic E-state index is -0.965. The van der Waals surface area contributed by atoms with Gasteiger partial charge in [0.1, 0.15) is 0 Å². The van der Waals surface area contributed by atoms with Gasteiger partial charge in [-0.3, -0.25) is 14.9 Å². The van der Waals surface area contributed by atoms with E-state index in [4.69, 9.17) is 4.74 Å². The molecule has 0 spiro atoms. The molecule has 0 bridgehead atoms. The van der Waals surface area contributed by atoms with Crippen molar-refractivity contribution in [2.24, 2.45) is 5.10 Å². The van der Waals surface area contributed by atoms with E-state index >= 15 is 0 Å². The minimum absolute atomic E-state index is 0.0318. The highest BCUT2D eigenvalue weighted by molar-refractivity contribution is 6.24. The quantitative estimate of drug-likeness (QED) is 0.415. The third kappa shape index (κ3) is 3.45. The summed E-state index contributed by atoms with van der Waals surface area (Å²) in [6, 6.07) is 21.6. The monoisotopic (exact) mass is 387 g/mol. The molecule has 144 valence electrons. The lowest BCUT2D eigenvalue weighted by Crippen LogP contribution is -2.34. The maximum atomic E-state index is 12.5. The number of nitro groups is 1. The normalized spacial score (nSPS) is 12.5. The standard InChI is InChI=1S/C22H17N3O4/c1-14(29-20-13-7-6-12-19(20)25(27)28)22(26)24-23-21-17-10-4-2-8-15(17)16-9-3-5-11-18(16)21/h2-14H,1H3,(H,24,26)/t14-/m1/s1. The average molecular weight is 387 g/mol. The summed E-state index contributed by atoms with van der Waals surface area (Å²) in [6.07, 6.45) is -0.965. The van der Waals surface area contributed by atoms with Gasteiger partial charge in [-0.05, 0) is 24.1 Å². The molecule has 3 aromatic carbocycles. The number of ether oxygens (including phenoxy) is 1. The van der Waals surface area contributed by atoms with E-state index in [1.54, 1.807) is 6.07 Å². The zero-order valence-corrected chi connectivity index (χ0v) is 15.5. The van der Waals surface area contributed by atoms with Gasteiger partial charge in [-0.15, -0.1) is 0 Å². The van der Waals surface area contributed by atoms with Gasteiger partial charge in [-0.1, -0.05) is 60.7 Å². The lowest BCUT2D eigenvalue weighted by atomic mass is 10.1. The fourth-order valence-electron chi connectivity index (χ4n) is 3.27. The Kier molecular flexibility index (Phi) is 4.78. The second-order valence-electron chi connectivity index (χ2n) is 6.51. The Bertz CT molecular complexity index is 1090. The molecule has 0 radical (unpaired) electrons. The maximum Gasteiger partial charge on any atom is 0.310 e. The molecule has 3 aromatic rings. The van der Waals surface area contributed by atoms with E-state index in [-0.39, 0.29) is 11.4 Å². The second kappa shape index (κ2) is 7.55. The van der Waals surface area contributed by atoms with Crippen LogP contribution in [0.15, 0.2) is 77.9 Å². The Balaban J connectivity index is 1.55. The molecule has 0 fully saturated rings. The van der Waals surface area contributed by atoms with Gasteiger partial charge in [0.15, 0.2) is 11.9 Å². The molecule has 1 amide bonds. The van der Waals surface area contributed by atoms with E-state index in [1.807, 2.05) is 48.5 Å². The molecular weight excluding hydrogens is 370 g/mol. The van der Waals surface area contributed by atoms with E-state index in [1.165, 1.54) is 25.1 Å². The third-order valence-corrected chi connectivity index (χ3v) is 4.67. The first-order valence-electron chi connectivity index (χ1n) is 9.03. The van der Waals surface area contributed by atoms with Gasteiger partial charge < -0.3 is 4.74 Å². The molecule has 0 saturated carbocycles. The van der Waals surface area contributed by atoms with Gasteiger partial charge in [0, 0.05) is 17.2 Å². The fraction of sp³-hybridized carbons (Fsp3) is 0.0909. The van der Waals surface area contributed by atoms with Crippen molar-refractivity contribution in [1.29, 1.82) is 0 Å². The van der Waals surface area contributed by atoms with Crippen molar-refractivity contribution < 1.29 is 14.5 Å². The molecule has 7 heteroatoms. The number of amides is 1. The summed E-state index contributed by atoms with van der Waals surface area (Å²) in [5.41, 5.74) is 6.98. The number of carbonyl (C=O) groups excluding carboxylic acids is 1. The van der Waals surface area contributed by atoms with E-state index in [0.717, 1.165) is 22.3 Å². The number of fused-ring (bicyclic) bond motifs is 3. The van der Waals surface area contributed by atoms with Crippen molar-refractivity contribution in [2.75, 3.05) is 0 Å². The van der Waals surface area contributed by atoms with Crippen molar-refractivity contribution in [2.45, 2.75) is 13.0 Å². The van der Waals surface area contributed by atoms with Gasteiger partial charge in [0.25, 0.3) is 5.91 Å². The smallest absolute Gasteiger partial charge is 0.310 e. The van der Waals surface area contributed by atoms with Crippen LogP contribution in [0.25, 0.3) is 11.1 Å². The Labute approximate surface area is 166 Å². The third-order valence-electron chi connectivity index (χ3n) is 4.67. The number of nitrogens with one attached hydrogen (secondary N) is 1. The van der Waals surface area contributed by atoms with Crippen LogP contribution in [0.5, 0.6) is 5.75 Å². The predicted molar refractivity (Wildman–Crippen MR) is 109 cm³/mol. The molecule has 0 heterocycles. The van der Waals surface area contributed by atoms with Gasteiger partial charge in [-0.25, -0.2) is 5.43 Å². The van der Waals surface area contributed by atoms with E-state index in [9.17, 15) is 14.9 Å². The summed E-state index contributed by atoms with van der Waals surface area (Å²) in [6.45, 7) is 1.52. The summed E-state index contributed by atoms with van der Waals surface area (Å²) in [5.74, 6) is -0.470. The Morgan fingerprint density at radius 2 is 1.45 bits per heavy atom. The topological polar surface area (TPSA) is 93.8 Å². The summed E-state index contributed by atoms with van der Waals surface area (Å²) < 4.78 is 5.50. The van der Waals surface area contributed by atoms with Crippen LogP contribution < -0.4 is 10.2 Å². The molecule has 1 N–H and O–H groups in total. The first-order chi connectivity index (χ1) is 14.1. The first-order valence-corrected chi connectivity index (χ1v) is 9.03. The number of carbonyl (C=O) groups is 1. The lowest BCUT2D eigenvalue weighted by molar-refractivity contribution is -0.386. The molecule has 0 aliphatic heterocycles. The highest BCUT2D eigenvalue weighted by Crippen LogP contribution is 2.36. The average Bonchev–Trinajstić information content (AvgIpc) is 3.06. The predicted octanol–water partition coefficient (Wildman–Crippen LogP) is 3.91. The van der Waals surface area contributed by atoms with Gasteiger partial charge in [0.05, 0.1) is 10.6 Å². The fourth-order valence-corrected chi connectivity index (χ4v) is 3.27. The number of hydrazone groups is 1. The van der Waals surface area contributed by atoms with Crippen LogP contribution in [0.2, 0.25) is 0 Å². The molecular formula is C22H17N3O4. The zero-order chi connectivity index (χ0) is 20.4. The minimum Gasteiger partial charge on any atom is -0.474 e. The van der Waals surface area contributed by atoms with E-state index in [0.29, 0.717) is 5.71 Å². The summed E-state index contributed by atoms with van der Waals surface area (Å²) >= 11 is 0. The van der Waals surface area contributed by atoms with Crippen LogP contribution in [0.3, 0.4) is 0 Å². The van der Waals surface area contributed by atoms with E-state index in [2.05, 4.69) is 10.5 Å². The summed E-state index contributed by atoms with van der Waals surface area (Å²) in [5, 5.41) is 15.4. The van der Waals surface area contributed by atoms with Gasteiger partial charge >= 0.3 is 5.69 Å². The van der Waals surface area contributed by atoms with Crippen LogP contribution in [0, 0.1) is 10.1 Å². The Morgan fingerprint density at radius 3 is 2.03 bits per heavy atom. The Morgan fingerprint density at radius 1 is 0.931 bits per heavy atom.